The predicted octanol–water partition coefficient (Wildman–Crippen LogP) is 2.21. The number of carbonyl (C=O) groups is 2. The summed E-state index contributed by atoms with van der Waals surface area (Å²) in [6.07, 6.45) is 3.41. The van der Waals surface area contributed by atoms with Gasteiger partial charge in [-0.3, -0.25) is 14.5 Å². The molecule has 8 nitrogen and oxygen atoms in total. The average molecular weight is 451 g/mol. The summed E-state index contributed by atoms with van der Waals surface area (Å²) in [6, 6.07) is 7.41. The molecule has 1 amide bonds. The molecule has 0 bridgehead atoms. The molecule has 1 atom stereocenters. The number of ether oxygens (including phenoxy) is 1. The maximum absolute atomic E-state index is 13.4. The van der Waals surface area contributed by atoms with Crippen LogP contribution >= 0.6 is 0 Å². The highest BCUT2D eigenvalue weighted by atomic mass is 16.5. The minimum absolute atomic E-state index is 0.139. The van der Waals surface area contributed by atoms with E-state index in [-0.39, 0.29) is 22.9 Å². The molecule has 5 rings (SSSR count). The van der Waals surface area contributed by atoms with E-state index >= 15 is 0 Å². The van der Waals surface area contributed by atoms with Gasteiger partial charge in [-0.1, -0.05) is 6.07 Å². The predicted molar refractivity (Wildman–Crippen MR) is 123 cm³/mol. The number of carbonyl (C=O) groups excluding carboxylic acids is 2. The Labute approximate surface area is 193 Å². The SMILES string of the molecule is Cc1c(CC(C)N2CCC3(CCN(c4ccc(=O)n(C)n4)C3=O)CC2)ccc2c1COC2=O. The van der Waals surface area contributed by atoms with E-state index in [1.54, 1.807) is 18.0 Å². The van der Waals surface area contributed by atoms with Crippen molar-refractivity contribution in [1.29, 1.82) is 0 Å². The standard InChI is InChI=1S/C25H30N4O4/c1-16(14-18-4-5-19-20(17(18)2)15-33-23(19)31)28-11-8-25(9-12-28)10-13-29(24(25)32)21-6-7-22(30)27(3)26-21/h4-7,16H,8-15H2,1-3H3. The van der Waals surface area contributed by atoms with Crippen LogP contribution in [0.5, 0.6) is 0 Å². The highest BCUT2D eigenvalue weighted by molar-refractivity contribution is 5.99. The summed E-state index contributed by atoms with van der Waals surface area (Å²) in [7, 11) is 1.61. The van der Waals surface area contributed by atoms with E-state index in [9.17, 15) is 14.4 Å². The van der Waals surface area contributed by atoms with Crippen molar-refractivity contribution >= 4 is 17.7 Å². The number of aromatic nitrogens is 2. The van der Waals surface area contributed by atoms with Gasteiger partial charge in [-0.2, -0.15) is 5.10 Å². The van der Waals surface area contributed by atoms with E-state index in [4.69, 9.17) is 4.74 Å². The minimum Gasteiger partial charge on any atom is -0.457 e. The first kappa shape index (κ1) is 21.8. The number of hydrogen-bond donors (Lipinski definition) is 0. The van der Waals surface area contributed by atoms with Crippen molar-refractivity contribution in [3.8, 4) is 0 Å². The van der Waals surface area contributed by atoms with Crippen LogP contribution in [0.3, 0.4) is 0 Å². The van der Waals surface area contributed by atoms with Gasteiger partial charge in [-0.05, 0) is 75.9 Å². The van der Waals surface area contributed by atoms with E-state index in [0.29, 0.717) is 30.6 Å². The third kappa shape index (κ3) is 3.66. The zero-order chi connectivity index (χ0) is 23.3. The lowest BCUT2D eigenvalue weighted by Gasteiger charge is -2.40. The van der Waals surface area contributed by atoms with Crippen LogP contribution in [-0.4, -0.2) is 52.2 Å². The molecular formula is C25H30N4O4. The molecule has 2 aromatic rings. The Balaban J connectivity index is 1.24. The number of fused-ring (bicyclic) bond motifs is 1. The van der Waals surface area contributed by atoms with Gasteiger partial charge in [0, 0.05) is 31.3 Å². The Morgan fingerprint density at radius 2 is 1.79 bits per heavy atom. The van der Waals surface area contributed by atoms with Gasteiger partial charge in [0.1, 0.15) is 6.61 Å². The van der Waals surface area contributed by atoms with Crippen LogP contribution in [0.25, 0.3) is 0 Å². The van der Waals surface area contributed by atoms with E-state index < -0.39 is 0 Å². The molecule has 0 saturated carbocycles. The van der Waals surface area contributed by atoms with Gasteiger partial charge in [0.25, 0.3) is 5.56 Å². The first-order valence-electron chi connectivity index (χ1n) is 11.7. The van der Waals surface area contributed by atoms with Crippen molar-refractivity contribution < 1.29 is 14.3 Å². The van der Waals surface area contributed by atoms with Crippen molar-refractivity contribution in [2.24, 2.45) is 12.5 Å². The lowest BCUT2D eigenvalue weighted by atomic mass is 9.76. The fourth-order valence-electron chi connectivity index (χ4n) is 5.60. The second kappa shape index (κ2) is 8.09. The number of esters is 1. The fraction of sp³-hybridized carbons (Fsp3) is 0.520. The molecule has 0 aliphatic carbocycles. The quantitative estimate of drug-likeness (QED) is 0.664. The number of aryl methyl sites for hydroxylation is 1. The topological polar surface area (TPSA) is 84.7 Å². The second-order valence-corrected chi connectivity index (χ2v) is 9.68. The molecule has 3 aliphatic heterocycles. The molecule has 0 radical (unpaired) electrons. The van der Waals surface area contributed by atoms with Crippen LogP contribution in [-0.2, 0) is 29.6 Å². The van der Waals surface area contributed by atoms with Gasteiger partial charge in [0.15, 0.2) is 5.82 Å². The lowest BCUT2D eigenvalue weighted by molar-refractivity contribution is -0.128. The first-order valence-corrected chi connectivity index (χ1v) is 11.7. The third-order valence-electron chi connectivity index (χ3n) is 7.91. The molecule has 1 spiro atoms. The highest BCUT2D eigenvalue weighted by Gasteiger charge is 2.49. The molecule has 33 heavy (non-hydrogen) atoms. The Hall–Kier alpha value is -3.00. The number of nitrogens with zero attached hydrogens (tertiary/aromatic N) is 4. The summed E-state index contributed by atoms with van der Waals surface area (Å²) in [4.78, 5) is 41.1. The van der Waals surface area contributed by atoms with E-state index in [0.717, 1.165) is 49.9 Å². The summed E-state index contributed by atoms with van der Waals surface area (Å²) in [5.74, 6) is 0.474. The minimum atomic E-state index is -0.326. The van der Waals surface area contributed by atoms with Crippen LogP contribution in [0, 0.1) is 12.3 Å². The monoisotopic (exact) mass is 450 g/mol. The number of amides is 1. The molecule has 174 valence electrons. The lowest BCUT2D eigenvalue weighted by Crippen LogP contribution is -2.48. The van der Waals surface area contributed by atoms with Crippen molar-refractivity contribution in [1.82, 2.24) is 14.7 Å². The van der Waals surface area contributed by atoms with Crippen molar-refractivity contribution in [3.63, 3.8) is 0 Å². The van der Waals surface area contributed by atoms with E-state index in [1.165, 1.54) is 16.3 Å². The smallest absolute Gasteiger partial charge is 0.338 e. The van der Waals surface area contributed by atoms with Gasteiger partial charge in [-0.25, -0.2) is 9.48 Å². The van der Waals surface area contributed by atoms with E-state index in [2.05, 4.69) is 29.9 Å². The average Bonchev–Trinajstić information content (AvgIpc) is 3.33. The Bertz CT molecular complexity index is 1180. The molecule has 3 aliphatic rings. The van der Waals surface area contributed by atoms with Crippen molar-refractivity contribution in [3.05, 3.63) is 56.9 Å². The van der Waals surface area contributed by atoms with Crippen LogP contribution in [0.15, 0.2) is 29.1 Å². The molecule has 1 aromatic heterocycles. The largest absolute Gasteiger partial charge is 0.457 e. The summed E-state index contributed by atoms with van der Waals surface area (Å²) in [5.41, 5.74) is 3.62. The third-order valence-corrected chi connectivity index (χ3v) is 7.91. The Morgan fingerprint density at radius 1 is 1.06 bits per heavy atom. The Kier molecular flexibility index (Phi) is 5.35. The first-order chi connectivity index (χ1) is 15.8. The van der Waals surface area contributed by atoms with Gasteiger partial charge in [-0.15, -0.1) is 0 Å². The van der Waals surface area contributed by atoms with Crippen LogP contribution in [0.2, 0.25) is 0 Å². The number of cyclic esters (lactones) is 1. The maximum atomic E-state index is 13.4. The molecule has 8 heteroatoms. The molecule has 1 unspecified atom stereocenters. The van der Waals surface area contributed by atoms with E-state index in [1.807, 2.05) is 6.07 Å². The summed E-state index contributed by atoms with van der Waals surface area (Å²) >= 11 is 0. The number of hydrogen-bond acceptors (Lipinski definition) is 6. The number of benzene rings is 1. The van der Waals surface area contributed by atoms with Crippen molar-refractivity contribution in [2.75, 3.05) is 24.5 Å². The fourth-order valence-corrected chi connectivity index (χ4v) is 5.60. The molecule has 2 fully saturated rings. The maximum Gasteiger partial charge on any atom is 0.338 e. The summed E-state index contributed by atoms with van der Waals surface area (Å²) in [6.45, 7) is 7.10. The highest BCUT2D eigenvalue weighted by Crippen LogP contribution is 2.43. The molecule has 1 aromatic carbocycles. The number of anilines is 1. The zero-order valence-corrected chi connectivity index (χ0v) is 19.5. The van der Waals surface area contributed by atoms with Crippen LogP contribution in [0.1, 0.15) is 53.2 Å². The second-order valence-electron chi connectivity index (χ2n) is 9.68. The summed E-state index contributed by atoms with van der Waals surface area (Å²) < 4.78 is 6.47. The molecular weight excluding hydrogens is 420 g/mol. The zero-order valence-electron chi connectivity index (χ0n) is 19.5. The van der Waals surface area contributed by atoms with Crippen molar-refractivity contribution in [2.45, 2.75) is 52.2 Å². The molecule has 4 heterocycles. The molecule has 0 N–H and O–H groups in total. The van der Waals surface area contributed by atoms with Gasteiger partial charge in [0.05, 0.1) is 11.0 Å². The number of rotatable bonds is 4. The summed E-state index contributed by atoms with van der Waals surface area (Å²) in [5, 5.41) is 4.28. The number of likely N-dealkylation sites (tertiary alicyclic amines) is 1. The normalized spacial score (nSPS) is 20.9. The van der Waals surface area contributed by atoms with Crippen LogP contribution < -0.4 is 10.5 Å². The Morgan fingerprint density at radius 3 is 2.52 bits per heavy atom. The van der Waals surface area contributed by atoms with Gasteiger partial charge >= 0.3 is 5.97 Å². The molecule has 2 saturated heterocycles. The number of piperidine rings is 1. The van der Waals surface area contributed by atoms with Crippen LogP contribution in [0.4, 0.5) is 5.82 Å². The van der Waals surface area contributed by atoms with Gasteiger partial charge < -0.3 is 9.64 Å². The van der Waals surface area contributed by atoms with Gasteiger partial charge in [0.2, 0.25) is 5.91 Å².